The SMILES string of the molecule is CCCNC(Cc1cc(C)cc(C)c1)c1ncccc1Cl. The van der Waals surface area contributed by atoms with Crippen LogP contribution in [-0.4, -0.2) is 11.5 Å². The van der Waals surface area contributed by atoms with Crippen LogP contribution < -0.4 is 5.32 Å². The van der Waals surface area contributed by atoms with E-state index in [2.05, 4.69) is 49.3 Å². The molecule has 0 bridgehead atoms. The van der Waals surface area contributed by atoms with Gasteiger partial charge in [-0.15, -0.1) is 0 Å². The summed E-state index contributed by atoms with van der Waals surface area (Å²) < 4.78 is 0. The minimum Gasteiger partial charge on any atom is -0.308 e. The molecule has 0 aliphatic carbocycles. The molecule has 2 aromatic rings. The predicted octanol–water partition coefficient (Wildman–Crippen LogP) is 4.64. The molecule has 1 unspecified atom stereocenters. The molecule has 0 fully saturated rings. The first kappa shape index (κ1) is 16.0. The van der Waals surface area contributed by atoms with Crippen molar-refractivity contribution >= 4 is 11.6 Å². The van der Waals surface area contributed by atoms with Gasteiger partial charge in [0.25, 0.3) is 0 Å². The molecule has 112 valence electrons. The van der Waals surface area contributed by atoms with Crippen molar-refractivity contribution in [2.45, 2.75) is 39.7 Å². The molecule has 0 aliphatic rings. The molecular weight excluding hydrogens is 280 g/mol. The lowest BCUT2D eigenvalue weighted by atomic mass is 9.99. The van der Waals surface area contributed by atoms with Crippen molar-refractivity contribution in [1.29, 1.82) is 0 Å². The molecular formula is C18H23ClN2. The van der Waals surface area contributed by atoms with Crippen molar-refractivity contribution in [3.05, 3.63) is 63.9 Å². The number of rotatable bonds is 6. The Morgan fingerprint density at radius 2 is 1.90 bits per heavy atom. The van der Waals surface area contributed by atoms with Gasteiger partial charge in [-0.1, -0.05) is 47.9 Å². The lowest BCUT2D eigenvalue weighted by molar-refractivity contribution is 0.518. The molecule has 3 heteroatoms. The second-order valence-corrected chi connectivity index (χ2v) is 5.98. The number of halogens is 1. The van der Waals surface area contributed by atoms with E-state index < -0.39 is 0 Å². The Labute approximate surface area is 132 Å². The molecule has 2 nitrogen and oxygen atoms in total. The van der Waals surface area contributed by atoms with Gasteiger partial charge < -0.3 is 5.32 Å². The average molecular weight is 303 g/mol. The highest BCUT2D eigenvalue weighted by Crippen LogP contribution is 2.24. The minimum atomic E-state index is 0.153. The van der Waals surface area contributed by atoms with Gasteiger partial charge in [-0.25, -0.2) is 0 Å². The fourth-order valence-corrected chi connectivity index (χ4v) is 2.91. The maximum Gasteiger partial charge on any atom is 0.0762 e. The van der Waals surface area contributed by atoms with Crippen molar-refractivity contribution in [1.82, 2.24) is 10.3 Å². The number of hydrogen-bond acceptors (Lipinski definition) is 2. The van der Waals surface area contributed by atoms with E-state index in [9.17, 15) is 0 Å². The van der Waals surface area contributed by atoms with Crippen molar-refractivity contribution in [2.24, 2.45) is 0 Å². The van der Waals surface area contributed by atoms with Crippen molar-refractivity contribution < 1.29 is 0 Å². The number of aromatic nitrogens is 1. The topological polar surface area (TPSA) is 24.9 Å². The average Bonchev–Trinajstić information content (AvgIpc) is 2.43. The molecule has 1 heterocycles. The van der Waals surface area contributed by atoms with Gasteiger partial charge in [-0.05, 0) is 50.9 Å². The monoisotopic (exact) mass is 302 g/mol. The summed E-state index contributed by atoms with van der Waals surface area (Å²) in [7, 11) is 0. The highest BCUT2D eigenvalue weighted by atomic mass is 35.5. The molecule has 0 spiro atoms. The largest absolute Gasteiger partial charge is 0.308 e. The third kappa shape index (κ3) is 4.55. The zero-order valence-electron chi connectivity index (χ0n) is 13.0. The van der Waals surface area contributed by atoms with Crippen molar-refractivity contribution in [3.8, 4) is 0 Å². The Morgan fingerprint density at radius 1 is 1.19 bits per heavy atom. The van der Waals surface area contributed by atoms with Crippen LogP contribution >= 0.6 is 11.6 Å². The Kier molecular flexibility index (Phi) is 5.77. The Morgan fingerprint density at radius 3 is 2.52 bits per heavy atom. The first-order valence-electron chi connectivity index (χ1n) is 7.51. The minimum absolute atomic E-state index is 0.153. The van der Waals surface area contributed by atoms with Crippen LogP contribution in [0.3, 0.4) is 0 Å². The van der Waals surface area contributed by atoms with Crippen LogP contribution in [0.15, 0.2) is 36.5 Å². The summed E-state index contributed by atoms with van der Waals surface area (Å²) in [5.41, 5.74) is 4.85. The lowest BCUT2D eigenvalue weighted by Crippen LogP contribution is -2.25. The molecule has 0 amide bonds. The quantitative estimate of drug-likeness (QED) is 0.841. The first-order valence-corrected chi connectivity index (χ1v) is 7.89. The van der Waals surface area contributed by atoms with Crippen LogP contribution in [0.2, 0.25) is 5.02 Å². The molecule has 1 N–H and O–H groups in total. The summed E-state index contributed by atoms with van der Waals surface area (Å²) >= 11 is 6.32. The zero-order valence-corrected chi connectivity index (χ0v) is 13.7. The van der Waals surface area contributed by atoms with Crippen LogP contribution in [0.1, 0.15) is 41.8 Å². The van der Waals surface area contributed by atoms with E-state index in [0.717, 1.165) is 30.1 Å². The highest BCUT2D eigenvalue weighted by molar-refractivity contribution is 6.31. The summed E-state index contributed by atoms with van der Waals surface area (Å²) in [6.07, 6.45) is 3.80. The predicted molar refractivity (Wildman–Crippen MR) is 89.9 cm³/mol. The Bertz CT molecular complexity index is 575. The standard InChI is InChI=1S/C18H23ClN2/c1-4-7-20-17(18-16(19)6-5-8-21-18)12-15-10-13(2)9-14(3)11-15/h5-6,8-11,17,20H,4,7,12H2,1-3H3. The molecule has 21 heavy (non-hydrogen) atoms. The van der Waals surface area contributed by atoms with Crippen LogP contribution in [0.4, 0.5) is 0 Å². The molecule has 1 aromatic carbocycles. The van der Waals surface area contributed by atoms with E-state index in [-0.39, 0.29) is 6.04 Å². The second kappa shape index (κ2) is 7.58. The van der Waals surface area contributed by atoms with Gasteiger partial charge in [-0.3, -0.25) is 4.98 Å². The molecule has 0 saturated carbocycles. The maximum atomic E-state index is 6.32. The normalized spacial score (nSPS) is 12.4. The molecule has 0 radical (unpaired) electrons. The van der Waals surface area contributed by atoms with Gasteiger partial charge in [0.05, 0.1) is 16.8 Å². The van der Waals surface area contributed by atoms with Crippen LogP contribution in [0, 0.1) is 13.8 Å². The van der Waals surface area contributed by atoms with Crippen LogP contribution in [-0.2, 0) is 6.42 Å². The van der Waals surface area contributed by atoms with E-state index >= 15 is 0 Å². The third-order valence-electron chi connectivity index (χ3n) is 3.48. The van der Waals surface area contributed by atoms with Gasteiger partial charge in [0, 0.05) is 6.20 Å². The maximum absolute atomic E-state index is 6.32. The second-order valence-electron chi connectivity index (χ2n) is 5.58. The number of nitrogens with one attached hydrogen (secondary N) is 1. The molecule has 0 aliphatic heterocycles. The summed E-state index contributed by atoms with van der Waals surface area (Å²) in [4.78, 5) is 4.48. The fourth-order valence-electron chi connectivity index (χ4n) is 2.66. The summed E-state index contributed by atoms with van der Waals surface area (Å²) in [5.74, 6) is 0. The van der Waals surface area contributed by atoms with Gasteiger partial charge in [0.15, 0.2) is 0 Å². The van der Waals surface area contributed by atoms with E-state index in [1.54, 1.807) is 0 Å². The van der Waals surface area contributed by atoms with Gasteiger partial charge >= 0.3 is 0 Å². The third-order valence-corrected chi connectivity index (χ3v) is 3.80. The number of aryl methyl sites for hydroxylation is 2. The lowest BCUT2D eigenvalue weighted by Gasteiger charge is -2.19. The highest BCUT2D eigenvalue weighted by Gasteiger charge is 2.16. The number of pyridine rings is 1. The van der Waals surface area contributed by atoms with Gasteiger partial charge in [0.2, 0.25) is 0 Å². The van der Waals surface area contributed by atoms with Crippen molar-refractivity contribution in [3.63, 3.8) is 0 Å². The van der Waals surface area contributed by atoms with E-state index in [1.807, 2.05) is 18.3 Å². The molecule has 1 aromatic heterocycles. The summed E-state index contributed by atoms with van der Waals surface area (Å²) in [6, 6.07) is 10.6. The van der Waals surface area contributed by atoms with E-state index in [0.29, 0.717) is 0 Å². The molecule has 1 atom stereocenters. The Hall–Kier alpha value is -1.38. The fraction of sp³-hybridized carbons (Fsp3) is 0.389. The number of hydrogen-bond donors (Lipinski definition) is 1. The first-order chi connectivity index (χ1) is 10.1. The molecule has 2 rings (SSSR count). The number of benzene rings is 1. The van der Waals surface area contributed by atoms with E-state index in [4.69, 9.17) is 11.6 Å². The van der Waals surface area contributed by atoms with Crippen molar-refractivity contribution in [2.75, 3.05) is 6.54 Å². The van der Waals surface area contributed by atoms with Gasteiger partial charge in [-0.2, -0.15) is 0 Å². The number of nitrogens with zero attached hydrogens (tertiary/aromatic N) is 1. The smallest absolute Gasteiger partial charge is 0.0762 e. The van der Waals surface area contributed by atoms with Crippen LogP contribution in [0.5, 0.6) is 0 Å². The Balaban J connectivity index is 2.26. The van der Waals surface area contributed by atoms with E-state index in [1.165, 1.54) is 16.7 Å². The summed E-state index contributed by atoms with van der Waals surface area (Å²) in [5, 5.41) is 4.30. The van der Waals surface area contributed by atoms with Crippen LogP contribution in [0.25, 0.3) is 0 Å². The molecule has 0 saturated heterocycles. The van der Waals surface area contributed by atoms with Gasteiger partial charge in [0.1, 0.15) is 0 Å². The summed E-state index contributed by atoms with van der Waals surface area (Å²) in [6.45, 7) is 7.40. The zero-order chi connectivity index (χ0) is 15.2.